The van der Waals surface area contributed by atoms with Gasteiger partial charge in [-0.25, -0.2) is 4.98 Å². The van der Waals surface area contributed by atoms with Crippen LogP contribution in [0.3, 0.4) is 0 Å². The number of fused-ring (bicyclic) bond motifs is 1. The summed E-state index contributed by atoms with van der Waals surface area (Å²) in [6.45, 7) is 1.85. The Balaban J connectivity index is 1.51. The van der Waals surface area contributed by atoms with Gasteiger partial charge in [-0.3, -0.25) is 9.59 Å². The number of nitrogens with zero attached hydrogens (tertiary/aromatic N) is 1. The summed E-state index contributed by atoms with van der Waals surface area (Å²) in [7, 11) is 0. The highest BCUT2D eigenvalue weighted by molar-refractivity contribution is 7.99. The lowest BCUT2D eigenvalue weighted by molar-refractivity contribution is -0.113. The van der Waals surface area contributed by atoms with Crippen LogP contribution in [0.25, 0.3) is 21.3 Å². The van der Waals surface area contributed by atoms with Crippen molar-refractivity contribution in [2.45, 2.75) is 12.1 Å². The lowest BCUT2D eigenvalue weighted by atomic mass is 10.1. The number of carbonyl (C=O) groups excluding carboxylic acids is 1. The van der Waals surface area contributed by atoms with Crippen molar-refractivity contribution < 1.29 is 4.79 Å². The fourth-order valence-electron chi connectivity index (χ4n) is 2.89. The molecule has 0 saturated heterocycles. The number of anilines is 1. The van der Waals surface area contributed by atoms with E-state index in [0.29, 0.717) is 26.1 Å². The second kappa shape index (κ2) is 8.41. The standard InChI is InChI=1S/C21H16ClN3O2S2/c1-12-15(22)8-5-9-16(12)23-17(26)11-29-21-24-19(27)18-14(10-28-20(18)25-21)13-6-3-2-4-7-13/h2-10H,11H2,1H3,(H,23,26)(H,24,25,27). The number of halogens is 1. The largest absolute Gasteiger partial charge is 0.325 e. The van der Waals surface area contributed by atoms with Crippen LogP contribution >= 0.6 is 34.7 Å². The number of aromatic nitrogens is 2. The van der Waals surface area contributed by atoms with E-state index in [1.807, 2.05) is 42.6 Å². The summed E-state index contributed by atoms with van der Waals surface area (Å²) in [4.78, 5) is 32.9. The molecule has 0 atom stereocenters. The quantitative estimate of drug-likeness (QED) is 0.323. The second-order valence-corrected chi connectivity index (χ2v) is 8.55. The minimum Gasteiger partial charge on any atom is -0.325 e. The molecule has 29 heavy (non-hydrogen) atoms. The van der Waals surface area contributed by atoms with Crippen LogP contribution in [0.4, 0.5) is 5.69 Å². The van der Waals surface area contributed by atoms with Crippen LogP contribution in [0.5, 0.6) is 0 Å². The molecule has 2 aromatic heterocycles. The first-order chi connectivity index (χ1) is 14.0. The molecular formula is C21H16ClN3O2S2. The van der Waals surface area contributed by atoms with E-state index in [1.165, 1.54) is 23.1 Å². The maximum atomic E-state index is 12.7. The Hall–Kier alpha value is -2.61. The van der Waals surface area contributed by atoms with Gasteiger partial charge in [0.05, 0.1) is 11.1 Å². The van der Waals surface area contributed by atoms with Crippen molar-refractivity contribution in [2.75, 3.05) is 11.1 Å². The molecule has 2 N–H and O–H groups in total. The Morgan fingerprint density at radius 3 is 2.79 bits per heavy atom. The highest BCUT2D eigenvalue weighted by atomic mass is 35.5. The lowest BCUT2D eigenvalue weighted by Crippen LogP contribution is -2.16. The van der Waals surface area contributed by atoms with E-state index < -0.39 is 0 Å². The number of thioether (sulfide) groups is 1. The first-order valence-electron chi connectivity index (χ1n) is 8.77. The summed E-state index contributed by atoms with van der Waals surface area (Å²) in [5.41, 5.74) is 3.12. The van der Waals surface area contributed by atoms with Crippen LogP contribution in [0.1, 0.15) is 5.56 Å². The van der Waals surface area contributed by atoms with Crippen molar-refractivity contribution in [1.29, 1.82) is 0 Å². The highest BCUT2D eigenvalue weighted by Crippen LogP contribution is 2.31. The number of hydrogen-bond donors (Lipinski definition) is 2. The fourth-order valence-corrected chi connectivity index (χ4v) is 4.73. The zero-order valence-corrected chi connectivity index (χ0v) is 17.8. The van der Waals surface area contributed by atoms with Gasteiger partial charge in [-0.15, -0.1) is 11.3 Å². The summed E-state index contributed by atoms with van der Waals surface area (Å²) in [6.07, 6.45) is 0. The fraction of sp³-hybridized carbons (Fsp3) is 0.0952. The number of benzene rings is 2. The van der Waals surface area contributed by atoms with Crippen molar-refractivity contribution in [1.82, 2.24) is 9.97 Å². The molecule has 4 rings (SSSR count). The number of hydrogen-bond acceptors (Lipinski definition) is 5. The average molecular weight is 442 g/mol. The van der Waals surface area contributed by atoms with Gasteiger partial charge in [0, 0.05) is 21.7 Å². The van der Waals surface area contributed by atoms with Crippen molar-refractivity contribution in [2.24, 2.45) is 0 Å². The third-order valence-corrected chi connectivity index (χ3v) is 6.54. The number of nitrogens with one attached hydrogen (secondary N) is 2. The number of H-pyrrole nitrogens is 1. The van der Waals surface area contributed by atoms with E-state index in [0.717, 1.165) is 16.7 Å². The third-order valence-electron chi connectivity index (χ3n) is 4.39. The number of aromatic amines is 1. The minimum absolute atomic E-state index is 0.122. The van der Waals surface area contributed by atoms with Crippen LogP contribution in [0, 0.1) is 6.92 Å². The molecule has 0 spiro atoms. The summed E-state index contributed by atoms with van der Waals surface area (Å²) in [5.74, 6) is -0.0728. The Morgan fingerprint density at radius 2 is 2.00 bits per heavy atom. The van der Waals surface area contributed by atoms with Gasteiger partial charge < -0.3 is 10.3 Å². The number of thiophene rings is 1. The molecule has 0 aliphatic rings. The van der Waals surface area contributed by atoms with E-state index in [1.54, 1.807) is 18.2 Å². The van der Waals surface area contributed by atoms with Gasteiger partial charge in [0.25, 0.3) is 5.56 Å². The molecule has 146 valence electrons. The lowest BCUT2D eigenvalue weighted by Gasteiger charge is -2.09. The summed E-state index contributed by atoms with van der Waals surface area (Å²) in [5, 5.41) is 6.36. The summed E-state index contributed by atoms with van der Waals surface area (Å²) >= 11 is 8.69. The van der Waals surface area contributed by atoms with Crippen LogP contribution in [0.2, 0.25) is 5.02 Å². The Morgan fingerprint density at radius 1 is 1.21 bits per heavy atom. The molecule has 5 nitrogen and oxygen atoms in total. The molecule has 1 amide bonds. The molecule has 0 unspecified atom stereocenters. The molecular weight excluding hydrogens is 426 g/mol. The molecule has 0 fully saturated rings. The van der Waals surface area contributed by atoms with Crippen LogP contribution in [0.15, 0.2) is 63.9 Å². The van der Waals surface area contributed by atoms with E-state index in [2.05, 4.69) is 15.3 Å². The normalized spacial score (nSPS) is 11.0. The van der Waals surface area contributed by atoms with Crippen LogP contribution in [-0.4, -0.2) is 21.6 Å². The van der Waals surface area contributed by atoms with E-state index in [4.69, 9.17) is 11.6 Å². The molecule has 2 heterocycles. The predicted molar refractivity (Wildman–Crippen MR) is 121 cm³/mol. The van der Waals surface area contributed by atoms with E-state index >= 15 is 0 Å². The van der Waals surface area contributed by atoms with Crippen LogP contribution in [-0.2, 0) is 4.79 Å². The average Bonchev–Trinajstić information content (AvgIpc) is 3.15. The van der Waals surface area contributed by atoms with Crippen LogP contribution < -0.4 is 10.9 Å². The number of amides is 1. The van der Waals surface area contributed by atoms with Gasteiger partial charge in [-0.2, -0.15) is 0 Å². The maximum absolute atomic E-state index is 12.7. The molecule has 0 bridgehead atoms. The Kier molecular flexibility index (Phi) is 5.71. The third kappa shape index (κ3) is 4.22. The van der Waals surface area contributed by atoms with Crippen molar-refractivity contribution in [3.05, 3.63) is 74.9 Å². The van der Waals surface area contributed by atoms with E-state index in [-0.39, 0.29) is 17.2 Å². The smallest absolute Gasteiger partial charge is 0.260 e. The van der Waals surface area contributed by atoms with Gasteiger partial charge in [0.2, 0.25) is 5.91 Å². The van der Waals surface area contributed by atoms with Gasteiger partial charge in [0.15, 0.2) is 5.16 Å². The molecule has 4 aromatic rings. The Bertz CT molecular complexity index is 1250. The number of carbonyl (C=O) groups is 1. The molecule has 0 aliphatic carbocycles. The highest BCUT2D eigenvalue weighted by Gasteiger charge is 2.14. The number of rotatable bonds is 5. The molecule has 0 aliphatic heterocycles. The topological polar surface area (TPSA) is 74.8 Å². The van der Waals surface area contributed by atoms with Gasteiger partial charge >= 0.3 is 0 Å². The maximum Gasteiger partial charge on any atom is 0.260 e. The Labute approximate surface area is 180 Å². The summed E-state index contributed by atoms with van der Waals surface area (Å²) < 4.78 is 0. The van der Waals surface area contributed by atoms with Crippen molar-refractivity contribution in [3.8, 4) is 11.1 Å². The molecule has 2 aromatic carbocycles. The van der Waals surface area contributed by atoms with Gasteiger partial charge in [0.1, 0.15) is 4.83 Å². The first-order valence-corrected chi connectivity index (χ1v) is 11.0. The van der Waals surface area contributed by atoms with E-state index in [9.17, 15) is 9.59 Å². The molecule has 8 heteroatoms. The molecule has 0 radical (unpaired) electrons. The zero-order valence-electron chi connectivity index (χ0n) is 15.4. The summed E-state index contributed by atoms with van der Waals surface area (Å²) in [6, 6.07) is 15.1. The predicted octanol–water partition coefficient (Wildman–Crippen LogP) is 5.34. The molecule has 0 saturated carbocycles. The monoisotopic (exact) mass is 441 g/mol. The SMILES string of the molecule is Cc1c(Cl)cccc1NC(=O)CSc1nc2scc(-c3ccccc3)c2c(=O)[nH]1. The van der Waals surface area contributed by atoms with Gasteiger partial charge in [-0.05, 0) is 30.2 Å². The van der Waals surface area contributed by atoms with Gasteiger partial charge in [-0.1, -0.05) is 59.8 Å². The zero-order chi connectivity index (χ0) is 20.4. The second-order valence-electron chi connectivity index (χ2n) is 6.32. The van der Waals surface area contributed by atoms with Crippen molar-refractivity contribution in [3.63, 3.8) is 0 Å². The minimum atomic E-state index is -0.205. The van der Waals surface area contributed by atoms with Crippen molar-refractivity contribution >= 4 is 56.5 Å². The first kappa shape index (κ1) is 19.7.